The number of amides is 1. The number of hydrogen-bond donors (Lipinski definition) is 2. The van der Waals surface area contributed by atoms with E-state index in [-0.39, 0.29) is 17.9 Å². The molecule has 3 N–H and O–H groups in total. The summed E-state index contributed by atoms with van der Waals surface area (Å²) in [4.78, 5) is 16.1. The number of carbonyl (C=O) groups is 1. The van der Waals surface area contributed by atoms with E-state index in [4.69, 9.17) is 18.0 Å². The van der Waals surface area contributed by atoms with Crippen LogP contribution in [0.15, 0.2) is 0 Å². The zero-order valence-corrected chi connectivity index (χ0v) is 11.9. The van der Waals surface area contributed by atoms with Crippen LogP contribution in [0.2, 0.25) is 0 Å². The van der Waals surface area contributed by atoms with E-state index in [1.807, 2.05) is 6.92 Å². The van der Waals surface area contributed by atoms with Gasteiger partial charge >= 0.3 is 0 Å². The molecule has 2 unspecified atom stereocenters. The van der Waals surface area contributed by atoms with E-state index in [1.165, 1.54) is 0 Å². The number of thiocarbonyl (C=S) groups is 1. The molecule has 0 spiro atoms. The molecule has 18 heavy (non-hydrogen) atoms. The third-order valence-corrected chi connectivity index (χ3v) is 3.63. The van der Waals surface area contributed by atoms with Gasteiger partial charge in [0.2, 0.25) is 5.91 Å². The third-order valence-electron chi connectivity index (χ3n) is 3.42. The lowest BCUT2D eigenvalue weighted by molar-refractivity contribution is -0.132. The van der Waals surface area contributed by atoms with Crippen LogP contribution in [0.5, 0.6) is 0 Å². The Hall–Kier alpha value is -0.720. The molecule has 0 saturated carbocycles. The van der Waals surface area contributed by atoms with Crippen molar-refractivity contribution >= 4 is 23.1 Å². The fourth-order valence-corrected chi connectivity index (χ4v) is 2.17. The molecule has 0 aliphatic carbocycles. The molecule has 1 saturated heterocycles. The second kappa shape index (κ2) is 7.01. The van der Waals surface area contributed by atoms with Gasteiger partial charge in [-0.2, -0.15) is 0 Å². The van der Waals surface area contributed by atoms with Crippen molar-refractivity contribution in [3.05, 3.63) is 0 Å². The lowest BCUT2D eigenvalue weighted by Crippen LogP contribution is -2.46. The molecule has 1 fully saturated rings. The summed E-state index contributed by atoms with van der Waals surface area (Å²) in [6.07, 6.45) is 1.07. The summed E-state index contributed by atoms with van der Waals surface area (Å²) in [7, 11) is 1.77. The standard InChI is InChI=1S/C12H23N3O2S/c1-9-7-15(6-3-10(9)16)8-12(17)14(2)5-4-11(13)18/h9-10,16H,3-8H2,1-2H3,(H2,13,18). The highest BCUT2D eigenvalue weighted by Crippen LogP contribution is 2.16. The number of likely N-dealkylation sites (tertiary alicyclic amines) is 1. The number of rotatable bonds is 5. The second-order valence-corrected chi connectivity index (χ2v) is 5.62. The topological polar surface area (TPSA) is 69.8 Å². The van der Waals surface area contributed by atoms with E-state index in [9.17, 15) is 9.90 Å². The highest BCUT2D eigenvalue weighted by molar-refractivity contribution is 7.80. The fraction of sp³-hybridized carbons (Fsp3) is 0.833. The number of nitrogens with zero attached hydrogens (tertiary/aromatic N) is 2. The quantitative estimate of drug-likeness (QED) is 0.680. The van der Waals surface area contributed by atoms with Crippen LogP contribution in [0.1, 0.15) is 19.8 Å². The molecular formula is C12H23N3O2S. The van der Waals surface area contributed by atoms with Gasteiger partial charge in [0.05, 0.1) is 17.6 Å². The van der Waals surface area contributed by atoms with Gasteiger partial charge in [-0.3, -0.25) is 9.69 Å². The summed E-state index contributed by atoms with van der Waals surface area (Å²) in [6, 6.07) is 0. The fourth-order valence-electron chi connectivity index (χ4n) is 2.08. The molecule has 6 heteroatoms. The Bertz CT molecular complexity index is 312. The predicted octanol–water partition coefficient (Wildman–Crippen LogP) is -0.176. The number of likely N-dealkylation sites (N-methyl/N-ethyl adjacent to an activating group) is 1. The number of hydrogen-bond acceptors (Lipinski definition) is 4. The molecule has 1 rings (SSSR count). The summed E-state index contributed by atoms with van der Waals surface area (Å²) in [5.74, 6) is 0.309. The van der Waals surface area contributed by atoms with Crippen molar-refractivity contribution in [2.45, 2.75) is 25.9 Å². The van der Waals surface area contributed by atoms with Crippen molar-refractivity contribution in [2.75, 3.05) is 33.2 Å². The van der Waals surface area contributed by atoms with E-state index < -0.39 is 0 Å². The van der Waals surface area contributed by atoms with E-state index in [0.29, 0.717) is 24.5 Å². The van der Waals surface area contributed by atoms with Crippen molar-refractivity contribution < 1.29 is 9.90 Å². The zero-order chi connectivity index (χ0) is 13.7. The van der Waals surface area contributed by atoms with E-state index in [0.717, 1.165) is 19.5 Å². The summed E-state index contributed by atoms with van der Waals surface area (Å²) in [5, 5.41) is 9.63. The van der Waals surface area contributed by atoms with Crippen molar-refractivity contribution in [1.82, 2.24) is 9.80 Å². The van der Waals surface area contributed by atoms with E-state index >= 15 is 0 Å². The Morgan fingerprint density at radius 3 is 2.83 bits per heavy atom. The Morgan fingerprint density at radius 2 is 2.28 bits per heavy atom. The Labute approximate surface area is 114 Å². The van der Waals surface area contributed by atoms with Crippen molar-refractivity contribution in [3.63, 3.8) is 0 Å². The number of piperidine rings is 1. The molecule has 1 aliphatic rings. The zero-order valence-electron chi connectivity index (χ0n) is 11.1. The average molecular weight is 273 g/mol. The number of aliphatic hydroxyl groups excluding tert-OH is 1. The van der Waals surface area contributed by atoms with Crippen LogP contribution < -0.4 is 5.73 Å². The van der Waals surface area contributed by atoms with E-state index in [1.54, 1.807) is 11.9 Å². The maximum absolute atomic E-state index is 11.9. The second-order valence-electron chi connectivity index (χ2n) is 5.10. The highest BCUT2D eigenvalue weighted by Gasteiger charge is 2.25. The maximum atomic E-state index is 11.9. The molecule has 1 amide bonds. The Balaban J connectivity index is 2.33. The summed E-state index contributed by atoms with van der Waals surface area (Å²) in [6.45, 7) is 4.54. The predicted molar refractivity (Wildman–Crippen MR) is 75.3 cm³/mol. The normalized spacial score (nSPS) is 24.8. The summed E-state index contributed by atoms with van der Waals surface area (Å²) >= 11 is 4.79. The smallest absolute Gasteiger partial charge is 0.236 e. The molecule has 5 nitrogen and oxygen atoms in total. The minimum Gasteiger partial charge on any atom is -0.393 e. The van der Waals surface area contributed by atoms with Crippen LogP contribution in [-0.2, 0) is 4.79 Å². The van der Waals surface area contributed by atoms with Gasteiger partial charge in [-0.1, -0.05) is 19.1 Å². The number of carbonyl (C=O) groups excluding carboxylic acids is 1. The van der Waals surface area contributed by atoms with Gasteiger partial charge < -0.3 is 15.7 Å². The molecule has 0 aromatic carbocycles. The number of nitrogens with two attached hydrogens (primary N) is 1. The van der Waals surface area contributed by atoms with Crippen LogP contribution in [0.25, 0.3) is 0 Å². The van der Waals surface area contributed by atoms with Crippen molar-refractivity contribution in [3.8, 4) is 0 Å². The molecule has 104 valence electrons. The minimum atomic E-state index is -0.233. The third kappa shape index (κ3) is 4.88. The molecule has 2 atom stereocenters. The van der Waals surface area contributed by atoms with Crippen molar-refractivity contribution in [1.29, 1.82) is 0 Å². The maximum Gasteiger partial charge on any atom is 0.236 e. The first-order chi connectivity index (χ1) is 8.40. The first kappa shape index (κ1) is 15.3. The molecule has 1 aliphatic heterocycles. The largest absolute Gasteiger partial charge is 0.393 e. The van der Waals surface area contributed by atoms with Gasteiger partial charge in [0.25, 0.3) is 0 Å². The molecule has 0 aromatic heterocycles. The van der Waals surface area contributed by atoms with Gasteiger partial charge in [0.1, 0.15) is 0 Å². The van der Waals surface area contributed by atoms with E-state index in [2.05, 4.69) is 4.90 Å². The van der Waals surface area contributed by atoms with Gasteiger partial charge in [0, 0.05) is 33.1 Å². The van der Waals surface area contributed by atoms with Crippen LogP contribution in [0, 0.1) is 5.92 Å². The first-order valence-electron chi connectivity index (χ1n) is 6.33. The monoisotopic (exact) mass is 273 g/mol. The van der Waals surface area contributed by atoms with Crippen LogP contribution >= 0.6 is 12.2 Å². The highest BCUT2D eigenvalue weighted by atomic mass is 32.1. The van der Waals surface area contributed by atoms with Gasteiger partial charge in [-0.25, -0.2) is 0 Å². The molecule has 0 radical (unpaired) electrons. The average Bonchev–Trinajstić information content (AvgIpc) is 2.30. The van der Waals surface area contributed by atoms with Crippen LogP contribution in [0.4, 0.5) is 0 Å². The molecular weight excluding hydrogens is 250 g/mol. The first-order valence-corrected chi connectivity index (χ1v) is 6.73. The Morgan fingerprint density at radius 1 is 1.61 bits per heavy atom. The molecule has 0 bridgehead atoms. The molecule has 0 aromatic rings. The summed E-state index contributed by atoms with van der Waals surface area (Å²) in [5.41, 5.74) is 5.41. The van der Waals surface area contributed by atoms with Gasteiger partial charge in [0.15, 0.2) is 0 Å². The van der Waals surface area contributed by atoms with Crippen molar-refractivity contribution in [2.24, 2.45) is 11.7 Å². The Kier molecular flexibility index (Phi) is 5.98. The lowest BCUT2D eigenvalue weighted by Gasteiger charge is -2.34. The van der Waals surface area contributed by atoms with Gasteiger partial charge in [-0.15, -0.1) is 0 Å². The van der Waals surface area contributed by atoms with Crippen LogP contribution in [0.3, 0.4) is 0 Å². The van der Waals surface area contributed by atoms with Gasteiger partial charge in [-0.05, 0) is 12.3 Å². The minimum absolute atomic E-state index is 0.0786. The SMILES string of the molecule is CC1CN(CC(=O)N(C)CCC(N)=S)CCC1O. The van der Waals surface area contributed by atoms with Crippen LogP contribution in [-0.4, -0.2) is 65.1 Å². The lowest BCUT2D eigenvalue weighted by atomic mass is 9.97. The summed E-state index contributed by atoms with van der Waals surface area (Å²) < 4.78 is 0. The molecule has 1 heterocycles. The number of aliphatic hydroxyl groups is 1.